The third-order valence-corrected chi connectivity index (χ3v) is 3.23. The van der Waals surface area contributed by atoms with Gasteiger partial charge >= 0.3 is 0 Å². The van der Waals surface area contributed by atoms with Crippen LogP contribution < -0.4 is 0 Å². The number of hydrogen-bond donors (Lipinski definition) is 1. The Hall–Kier alpha value is -1.64. The van der Waals surface area contributed by atoms with Crippen LogP contribution in [0.5, 0.6) is 0 Å². The number of halogens is 1. The second-order valence-corrected chi connectivity index (χ2v) is 4.55. The number of carbonyl (C=O) groups is 1. The Labute approximate surface area is 111 Å². The van der Waals surface area contributed by atoms with Gasteiger partial charge in [-0.2, -0.15) is 0 Å². The standard InChI is InChI=1S/C15H13ClO2/c1-10-7-8-12(9-13(10)16)15(18)14(17)11-5-3-2-4-6-11/h2-9,15,18H,1H3. The normalized spacial score (nSPS) is 12.2. The fourth-order valence-corrected chi connectivity index (χ4v) is 1.88. The van der Waals surface area contributed by atoms with E-state index < -0.39 is 6.10 Å². The van der Waals surface area contributed by atoms with Crippen molar-refractivity contribution in [3.05, 3.63) is 70.2 Å². The maximum atomic E-state index is 12.0. The first-order chi connectivity index (χ1) is 8.59. The predicted octanol–water partition coefficient (Wildman–Crippen LogP) is 3.56. The van der Waals surface area contributed by atoms with E-state index in [-0.39, 0.29) is 5.78 Å². The van der Waals surface area contributed by atoms with Gasteiger partial charge in [0.25, 0.3) is 0 Å². The largest absolute Gasteiger partial charge is 0.380 e. The third kappa shape index (κ3) is 2.61. The maximum absolute atomic E-state index is 12.0. The molecular weight excluding hydrogens is 248 g/mol. The monoisotopic (exact) mass is 260 g/mol. The summed E-state index contributed by atoms with van der Waals surface area (Å²) in [6, 6.07) is 13.9. The molecule has 0 aliphatic carbocycles. The van der Waals surface area contributed by atoms with Crippen molar-refractivity contribution in [2.45, 2.75) is 13.0 Å². The van der Waals surface area contributed by atoms with Crippen molar-refractivity contribution >= 4 is 17.4 Å². The van der Waals surface area contributed by atoms with Crippen molar-refractivity contribution in [3.8, 4) is 0 Å². The van der Waals surface area contributed by atoms with E-state index >= 15 is 0 Å². The first-order valence-electron chi connectivity index (χ1n) is 5.63. The highest BCUT2D eigenvalue weighted by Crippen LogP contribution is 2.23. The van der Waals surface area contributed by atoms with E-state index in [0.717, 1.165) is 5.56 Å². The first-order valence-corrected chi connectivity index (χ1v) is 6.01. The quantitative estimate of drug-likeness (QED) is 0.857. The zero-order valence-electron chi connectivity index (χ0n) is 9.93. The molecule has 0 aromatic heterocycles. The molecule has 2 aromatic rings. The Balaban J connectivity index is 2.28. The van der Waals surface area contributed by atoms with Crippen LogP contribution in [0.4, 0.5) is 0 Å². The molecule has 0 aliphatic heterocycles. The van der Waals surface area contributed by atoms with E-state index in [2.05, 4.69) is 0 Å². The zero-order valence-corrected chi connectivity index (χ0v) is 10.7. The van der Waals surface area contributed by atoms with Crippen LogP contribution in [0.1, 0.15) is 27.6 Å². The summed E-state index contributed by atoms with van der Waals surface area (Å²) in [4.78, 5) is 12.0. The highest BCUT2D eigenvalue weighted by atomic mass is 35.5. The maximum Gasteiger partial charge on any atom is 0.195 e. The van der Waals surface area contributed by atoms with E-state index in [9.17, 15) is 9.90 Å². The van der Waals surface area contributed by atoms with Crippen LogP contribution >= 0.6 is 11.6 Å². The molecule has 2 rings (SSSR count). The van der Waals surface area contributed by atoms with Crippen LogP contribution in [0.25, 0.3) is 0 Å². The van der Waals surface area contributed by atoms with Crippen molar-refractivity contribution in [2.24, 2.45) is 0 Å². The van der Waals surface area contributed by atoms with Crippen LogP contribution in [0.15, 0.2) is 48.5 Å². The summed E-state index contributed by atoms with van der Waals surface area (Å²) in [7, 11) is 0. The highest BCUT2D eigenvalue weighted by molar-refractivity contribution is 6.31. The Kier molecular flexibility index (Phi) is 3.80. The summed E-state index contributed by atoms with van der Waals surface area (Å²) in [6.45, 7) is 1.87. The van der Waals surface area contributed by atoms with E-state index in [1.165, 1.54) is 0 Å². The number of aliphatic hydroxyl groups is 1. The first kappa shape index (κ1) is 12.8. The van der Waals surface area contributed by atoms with Gasteiger partial charge in [-0.1, -0.05) is 54.1 Å². The van der Waals surface area contributed by atoms with Crippen LogP contribution in [-0.4, -0.2) is 10.9 Å². The van der Waals surface area contributed by atoms with Gasteiger partial charge in [-0.3, -0.25) is 4.79 Å². The summed E-state index contributed by atoms with van der Waals surface area (Å²) in [5.74, 6) is -0.324. The van der Waals surface area contributed by atoms with Gasteiger partial charge in [0, 0.05) is 10.6 Å². The number of benzene rings is 2. The number of hydrogen-bond acceptors (Lipinski definition) is 2. The summed E-state index contributed by atoms with van der Waals surface area (Å²) in [5, 5.41) is 10.6. The van der Waals surface area contributed by atoms with Gasteiger partial charge in [-0.25, -0.2) is 0 Å². The van der Waals surface area contributed by atoms with Crippen molar-refractivity contribution < 1.29 is 9.90 Å². The summed E-state index contributed by atoms with van der Waals surface area (Å²) in [6.07, 6.45) is -1.18. The minimum absolute atomic E-state index is 0.324. The number of ketones is 1. The van der Waals surface area contributed by atoms with Crippen LogP contribution in [0, 0.1) is 6.92 Å². The molecular formula is C15H13ClO2. The number of aliphatic hydroxyl groups excluding tert-OH is 1. The number of aryl methyl sites for hydroxylation is 1. The van der Waals surface area contributed by atoms with E-state index in [1.807, 2.05) is 13.0 Å². The van der Waals surface area contributed by atoms with Crippen LogP contribution in [0.2, 0.25) is 5.02 Å². The molecule has 92 valence electrons. The summed E-state index contributed by atoms with van der Waals surface area (Å²) < 4.78 is 0. The van der Waals surface area contributed by atoms with Gasteiger partial charge in [0.2, 0.25) is 0 Å². The van der Waals surface area contributed by atoms with Crippen molar-refractivity contribution in [2.75, 3.05) is 0 Å². The van der Waals surface area contributed by atoms with Crippen molar-refractivity contribution in [3.63, 3.8) is 0 Å². The second-order valence-electron chi connectivity index (χ2n) is 4.14. The molecule has 2 aromatic carbocycles. The summed E-state index contributed by atoms with van der Waals surface area (Å²) >= 11 is 5.99. The lowest BCUT2D eigenvalue weighted by Crippen LogP contribution is -2.12. The molecule has 0 saturated heterocycles. The molecule has 2 nitrogen and oxygen atoms in total. The molecule has 18 heavy (non-hydrogen) atoms. The molecule has 1 unspecified atom stereocenters. The van der Waals surface area contributed by atoms with Crippen LogP contribution in [0.3, 0.4) is 0 Å². The Morgan fingerprint density at radius 2 is 1.83 bits per heavy atom. The Morgan fingerprint density at radius 3 is 2.44 bits per heavy atom. The average Bonchev–Trinajstić information content (AvgIpc) is 2.41. The highest BCUT2D eigenvalue weighted by Gasteiger charge is 2.19. The third-order valence-electron chi connectivity index (χ3n) is 2.82. The number of carbonyl (C=O) groups excluding carboxylic acids is 1. The van der Waals surface area contributed by atoms with Gasteiger partial charge in [-0.15, -0.1) is 0 Å². The topological polar surface area (TPSA) is 37.3 Å². The molecule has 0 fully saturated rings. The zero-order chi connectivity index (χ0) is 13.1. The minimum Gasteiger partial charge on any atom is -0.380 e. The molecule has 1 N–H and O–H groups in total. The Bertz CT molecular complexity index is 564. The smallest absolute Gasteiger partial charge is 0.195 e. The molecule has 0 spiro atoms. The lowest BCUT2D eigenvalue weighted by molar-refractivity contribution is 0.0747. The second kappa shape index (κ2) is 5.34. The molecule has 0 saturated carbocycles. The fraction of sp³-hybridized carbons (Fsp3) is 0.133. The molecule has 0 amide bonds. The lowest BCUT2D eigenvalue weighted by atomic mass is 9.99. The number of Topliss-reactive ketones (excluding diaryl/α,β-unsaturated/α-hetero) is 1. The molecule has 0 radical (unpaired) electrons. The fourth-order valence-electron chi connectivity index (χ4n) is 1.69. The SMILES string of the molecule is Cc1ccc(C(O)C(=O)c2ccccc2)cc1Cl. The van der Waals surface area contributed by atoms with Gasteiger partial charge in [0.15, 0.2) is 5.78 Å². The van der Waals surface area contributed by atoms with Crippen molar-refractivity contribution in [1.29, 1.82) is 0 Å². The molecule has 1 atom stereocenters. The van der Waals surface area contributed by atoms with E-state index in [4.69, 9.17) is 11.6 Å². The van der Waals surface area contributed by atoms with E-state index in [1.54, 1.807) is 42.5 Å². The number of rotatable bonds is 3. The lowest BCUT2D eigenvalue weighted by Gasteiger charge is -2.11. The van der Waals surface area contributed by atoms with Gasteiger partial charge < -0.3 is 5.11 Å². The predicted molar refractivity (Wildman–Crippen MR) is 71.9 cm³/mol. The average molecular weight is 261 g/mol. The molecule has 0 bridgehead atoms. The van der Waals surface area contributed by atoms with Crippen molar-refractivity contribution in [1.82, 2.24) is 0 Å². The Morgan fingerprint density at radius 1 is 1.17 bits per heavy atom. The van der Waals surface area contributed by atoms with Gasteiger partial charge in [0.05, 0.1) is 0 Å². The summed E-state index contributed by atoms with van der Waals surface area (Å²) in [5.41, 5.74) is 1.92. The molecule has 3 heteroatoms. The minimum atomic E-state index is -1.18. The molecule has 0 heterocycles. The van der Waals surface area contributed by atoms with Gasteiger partial charge in [0.1, 0.15) is 6.10 Å². The van der Waals surface area contributed by atoms with Gasteiger partial charge in [-0.05, 0) is 24.1 Å². The van der Waals surface area contributed by atoms with E-state index in [0.29, 0.717) is 16.1 Å². The molecule has 0 aliphatic rings. The van der Waals surface area contributed by atoms with Crippen LogP contribution in [-0.2, 0) is 0 Å².